The second-order valence-corrected chi connectivity index (χ2v) is 5.23. The van der Waals surface area contributed by atoms with E-state index in [0.29, 0.717) is 23.0 Å². The molecule has 2 aliphatic rings. The van der Waals surface area contributed by atoms with Gasteiger partial charge in [-0.1, -0.05) is 24.8 Å². The first kappa shape index (κ1) is 12.7. The first-order chi connectivity index (χ1) is 9.60. The molecule has 1 aromatic carbocycles. The van der Waals surface area contributed by atoms with Gasteiger partial charge in [-0.2, -0.15) is 0 Å². The fraction of sp³-hybridized carbons (Fsp3) is 0.235. The number of hydrogen-bond acceptors (Lipinski definition) is 3. The Labute approximate surface area is 117 Å². The maximum atomic E-state index is 12.5. The summed E-state index contributed by atoms with van der Waals surface area (Å²) < 4.78 is 5.33. The smallest absolute Gasteiger partial charge is 0.192 e. The topological polar surface area (TPSA) is 46.5 Å². The van der Waals surface area contributed by atoms with Crippen molar-refractivity contribution < 1.29 is 14.6 Å². The molecule has 102 valence electrons. The van der Waals surface area contributed by atoms with Crippen LogP contribution >= 0.6 is 0 Å². The molecule has 2 aliphatic carbocycles. The fourth-order valence-electron chi connectivity index (χ4n) is 2.58. The summed E-state index contributed by atoms with van der Waals surface area (Å²) in [5.74, 6) is 1.86. The summed E-state index contributed by atoms with van der Waals surface area (Å²) in [6.07, 6.45) is 4.89. The van der Waals surface area contributed by atoms with Gasteiger partial charge in [-0.25, -0.2) is 0 Å². The van der Waals surface area contributed by atoms with Crippen molar-refractivity contribution in [1.29, 1.82) is 0 Å². The highest BCUT2D eigenvalue weighted by molar-refractivity contribution is 6.29. The van der Waals surface area contributed by atoms with E-state index in [4.69, 9.17) is 4.74 Å². The van der Waals surface area contributed by atoms with Crippen molar-refractivity contribution in [1.82, 2.24) is 0 Å². The zero-order valence-electron chi connectivity index (χ0n) is 11.3. The van der Waals surface area contributed by atoms with Crippen molar-refractivity contribution in [3.8, 4) is 5.75 Å². The molecule has 0 amide bonds. The SMILES string of the molecule is C=C(C(=O)C1=CC2CC2C(OC)=C1)c1ccc(O)cc1. The summed E-state index contributed by atoms with van der Waals surface area (Å²) in [7, 11) is 1.64. The van der Waals surface area contributed by atoms with E-state index < -0.39 is 0 Å². The lowest BCUT2D eigenvalue weighted by Crippen LogP contribution is -2.08. The summed E-state index contributed by atoms with van der Waals surface area (Å²) >= 11 is 0. The van der Waals surface area contributed by atoms with Crippen LogP contribution in [0.1, 0.15) is 12.0 Å². The van der Waals surface area contributed by atoms with Crippen LogP contribution in [0.4, 0.5) is 0 Å². The van der Waals surface area contributed by atoms with Crippen molar-refractivity contribution in [2.24, 2.45) is 11.8 Å². The van der Waals surface area contributed by atoms with E-state index >= 15 is 0 Å². The second kappa shape index (κ2) is 4.67. The van der Waals surface area contributed by atoms with Crippen molar-refractivity contribution in [2.45, 2.75) is 6.42 Å². The number of carbonyl (C=O) groups excluding carboxylic acids is 1. The zero-order valence-corrected chi connectivity index (χ0v) is 11.3. The van der Waals surface area contributed by atoms with Crippen LogP contribution in [0.2, 0.25) is 0 Å². The summed E-state index contributed by atoms with van der Waals surface area (Å²) in [5.41, 5.74) is 1.81. The van der Waals surface area contributed by atoms with Gasteiger partial charge in [0.05, 0.1) is 12.9 Å². The molecule has 1 fully saturated rings. The zero-order chi connectivity index (χ0) is 14.3. The molecule has 0 radical (unpaired) electrons. The van der Waals surface area contributed by atoms with Gasteiger partial charge in [0.2, 0.25) is 0 Å². The van der Waals surface area contributed by atoms with Gasteiger partial charge in [-0.15, -0.1) is 0 Å². The van der Waals surface area contributed by atoms with Gasteiger partial charge in [0, 0.05) is 17.1 Å². The number of benzene rings is 1. The number of ether oxygens (including phenoxy) is 1. The van der Waals surface area contributed by atoms with E-state index in [-0.39, 0.29) is 11.5 Å². The number of rotatable bonds is 4. The van der Waals surface area contributed by atoms with Crippen molar-refractivity contribution in [3.05, 3.63) is 59.9 Å². The van der Waals surface area contributed by atoms with E-state index in [9.17, 15) is 9.90 Å². The lowest BCUT2D eigenvalue weighted by Gasteiger charge is -2.13. The Morgan fingerprint density at radius 3 is 2.70 bits per heavy atom. The van der Waals surface area contributed by atoms with Crippen molar-refractivity contribution in [2.75, 3.05) is 7.11 Å². The molecule has 0 spiro atoms. The summed E-state index contributed by atoms with van der Waals surface area (Å²) in [6, 6.07) is 6.49. The van der Waals surface area contributed by atoms with Gasteiger partial charge in [-0.05, 0) is 36.1 Å². The molecule has 1 aromatic rings. The number of phenols is 1. The molecule has 3 rings (SSSR count). The van der Waals surface area contributed by atoms with Crippen LogP contribution in [0.5, 0.6) is 5.75 Å². The lowest BCUT2D eigenvalue weighted by molar-refractivity contribution is -0.110. The molecule has 3 heteroatoms. The maximum Gasteiger partial charge on any atom is 0.192 e. The van der Waals surface area contributed by atoms with Gasteiger partial charge in [-0.3, -0.25) is 4.79 Å². The van der Waals surface area contributed by atoms with Crippen molar-refractivity contribution in [3.63, 3.8) is 0 Å². The van der Waals surface area contributed by atoms with Crippen LogP contribution in [-0.4, -0.2) is 18.0 Å². The van der Waals surface area contributed by atoms with Crippen LogP contribution in [0.25, 0.3) is 5.57 Å². The lowest BCUT2D eigenvalue weighted by atomic mass is 9.94. The van der Waals surface area contributed by atoms with E-state index in [1.807, 2.05) is 12.2 Å². The van der Waals surface area contributed by atoms with E-state index in [1.165, 1.54) is 0 Å². The highest BCUT2D eigenvalue weighted by atomic mass is 16.5. The molecule has 1 N–H and O–H groups in total. The molecule has 0 bridgehead atoms. The fourth-order valence-corrected chi connectivity index (χ4v) is 2.58. The first-order valence-corrected chi connectivity index (χ1v) is 6.60. The van der Waals surface area contributed by atoms with Crippen LogP contribution < -0.4 is 0 Å². The molecule has 0 aromatic heterocycles. The highest BCUT2D eigenvalue weighted by Crippen LogP contribution is 2.49. The van der Waals surface area contributed by atoms with Gasteiger partial charge in [0.1, 0.15) is 5.75 Å². The van der Waals surface area contributed by atoms with Crippen LogP contribution in [0, 0.1) is 11.8 Å². The van der Waals surface area contributed by atoms with Crippen LogP contribution in [0.3, 0.4) is 0 Å². The van der Waals surface area contributed by atoms with Gasteiger partial charge >= 0.3 is 0 Å². The Bertz CT molecular complexity index is 635. The summed E-state index contributed by atoms with van der Waals surface area (Å²) in [4.78, 5) is 12.5. The monoisotopic (exact) mass is 268 g/mol. The van der Waals surface area contributed by atoms with Gasteiger partial charge in [0.25, 0.3) is 0 Å². The number of hydrogen-bond donors (Lipinski definition) is 1. The van der Waals surface area contributed by atoms with Crippen LogP contribution in [0.15, 0.2) is 54.3 Å². The molecule has 0 heterocycles. The number of phenolic OH excluding ortho intramolecular Hbond substituents is 1. The molecule has 3 nitrogen and oxygen atoms in total. The van der Waals surface area contributed by atoms with Crippen LogP contribution in [-0.2, 0) is 9.53 Å². The Morgan fingerprint density at radius 1 is 1.35 bits per heavy atom. The molecule has 0 saturated heterocycles. The van der Waals surface area contributed by atoms with E-state index in [2.05, 4.69) is 6.58 Å². The Balaban J connectivity index is 1.84. The minimum atomic E-state index is -0.0874. The maximum absolute atomic E-state index is 12.5. The third-order valence-electron chi connectivity index (χ3n) is 3.88. The van der Waals surface area contributed by atoms with Gasteiger partial charge < -0.3 is 9.84 Å². The normalized spacial score (nSPS) is 23.2. The molecule has 2 unspecified atom stereocenters. The molecule has 0 aliphatic heterocycles. The molecular formula is C17H16O3. The first-order valence-electron chi connectivity index (χ1n) is 6.60. The second-order valence-electron chi connectivity index (χ2n) is 5.23. The molecule has 20 heavy (non-hydrogen) atoms. The Morgan fingerprint density at radius 2 is 2.05 bits per heavy atom. The number of aromatic hydroxyl groups is 1. The minimum Gasteiger partial charge on any atom is -0.508 e. The number of Topliss-reactive ketones (excluding diaryl/α,β-unsaturated/α-hetero) is 1. The standard InChI is InChI=1S/C17H16O3/c1-10(11-3-5-14(18)6-4-11)17(19)13-7-12-8-15(12)16(9-13)20-2/h3-7,9,12,15,18H,1,8H2,2H3. The average molecular weight is 268 g/mol. The summed E-state index contributed by atoms with van der Waals surface area (Å²) in [6.45, 7) is 3.88. The average Bonchev–Trinajstić information content (AvgIpc) is 3.24. The Hall–Kier alpha value is -2.29. The largest absolute Gasteiger partial charge is 0.508 e. The number of ketones is 1. The number of methoxy groups -OCH3 is 1. The number of carbonyl (C=O) groups is 1. The minimum absolute atomic E-state index is 0.0874. The molecule has 2 atom stereocenters. The highest BCUT2D eigenvalue weighted by Gasteiger charge is 2.42. The molecule has 1 saturated carbocycles. The molecular weight excluding hydrogens is 252 g/mol. The van der Waals surface area contributed by atoms with E-state index in [0.717, 1.165) is 17.7 Å². The predicted octanol–water partition coefficient (Wildman–Crippen LogP) is 3.08. The number of allylic oxidation sites excluding steroid dienone is 5. The van der Waals surface area contributed by atoms with E-state index in [1.54, 1.807) is 31.4 Å². The Kier molecular flexibility index (Phi) is 2.97. The quantitative estimate of drug-likeness (QED) is 0.854. The third-order valence-corrected chi connectivity index (χ3v) is 3.88. The van der Waals surface area contributed by atoms with Gasteiger partial charge in [0.15, 0.2) is 5.78 Å². The summed E-state index contributed by atoms with van der Waals surface area (Å²) in [5, 5.41) is 9.28. The number of fused-ring (bicyclic) bond motifs is 1. The van der Waals surface area contributed by atoms with Crippen molar-refractivity contribution >= 4 is 11.4 Å². The third kappa shape index (κ3) is 2.16. The predicted molar refractivity (Wildman–Crippen MR) is 76.9 cm³/mol.